The van der Waals surface area contributed by atoms with Crippen molar-refractivity contribution in [2.24, 2.45) is 5.41 Å². The molecule has 1 aliphatic heterocycles. The second kappa shape index (κ2) is 4.63. The summed E-state index contributed by atoms with van der Waals surface area (Å²) in [7, 11) is 0. The van der Waals surface area contributed by atoms with Crippen LogP contribution in [-0.2, 0) is 4.79 Å². The van der Waals surface area contributed by atoms with Gasteiger partial charge in [-0.25, -0.2) is 0 Å². The Morgan fingerprint density at radius 3 is 2.21 bits per heavy atom. The molecule has 0 N–H and O–H groups in total. The Hall–Kier alpha value is -0.790. The van der Waals surface area contributed by atoms with Crippen LogP contribution in [0.3, 0.4) is 0 Å². The van der Waals surface area contributed by atoms with Crippen LogP contribution in [0.25, 0.3) is 0 Å². The number of rotatable bonds is 2. The normalized spacial score (nSPS) is 18.9. The van der Waals surface area contributed by atoms with Gasteiger partial charge in [-0.15, -0.1) is 0 Å². The maximum atomic E-state index is 11.6. The highest BCUT2D eigenvalue weighted by Crippen LogP contribution is 2.16. The minimum absolute atomic E-state index is 0.211. The number of nitrogens with zero attached hydrogens (tertiary/aromatic N) is 1. The van der Waals surface area contributed by atoms with Gasteiger partial charge in [0.05, 0.1) is 0 Å². The summed E-state index contributed by atoms with van der Waals surface area (Å²) in [6, 6.07) is 0. The Kier molecular flexibility index (Phi) is 3.73. The minimum atomic E-state index is -0.244. The maximum absolute atomic E-state index is 11.6. The summed E-state index contributed by atoms with van der Waals surface area (Å²) in [6.07, 6.45) is 7.54. The van der Waals surface area contributed by atoms with Gasteiger partial charge in [0.15, 0.2) is 5.78 Å². The van der Waals surface area contributed by atoms with E-state index in [-0.39, 0.29) is 11.2 Å². The van der Waals surface area contributed by atoms with Crippen LogP contribution in [0.4, 0.5) is 0 Å². The van der Waals surface area contributed by atoms with Gasteiger partial charge in [-0.3, -0.25) is 4.79 Å². The van der Waals surface area contributed by atoms with E-state index < -0.39 is 0 Å². The van der Waals surface area contributed by atoms with Crippen molar-refractivity contribution >= 4 is 5.78 Å². The van der Waals surface area contributed by atoms with Crippen LogP contribution in [0, 0.1) is 5.41 Å². The fourth-order valence-electron chi connectivity index (χ4n) is 1.49. The standard InChI is InChI=1S/C12H21NO/c1-12(2,3)11(14)7-10-13-8-5-4-6-9-13/h7,10H,4-6,8-9H2,1-3H3/b10-7+. The molecule has 1 aliphatic rings. The van der Waals surface area contributed by atoms with E-state index in [9.17, 15) is 4.79 Å². The first-order valence-electron chi connectivity index (χ1n) is 5.47. The first kappa shape index (κ1) is 11.3. The number of allylic oxidation sites excluding steroid dienone is 1. The summed E-state index contributed by atoms with van der Waals surface area (Å²) in [5.74, 6) is 0.211. The van der Waals surface area contributed by atoms with Gasteiger partial charge < -0.3 is 4.90 Å². The third-order valence-corrected chi connectivity index (χ3v) is 2.57. The highest BCUT2D eigenvalue weighted by atomic mass is 16.1. The Morgan fingerprint density at radius 2 is 1.71 bits per heavy atom. The molecule has 0 saturated carbocycles. The number of carbonyl (C=O) groups is 1. The molecule has 0 aromatic carbocycles. The number of likely N-dealkylation sites (tertiary alicyclic amines) is 1. The lowest BCUT2D eigenvalue weighted by Crippen LogP contribution is -2.25. The largest absolute Gasteiger partial charge is 0.377 e. The molecule has 0 atom stereocenters. The summed E-state index contributed by atoms with van der Waals surface area (Å²) in [6.45, 7) is 8.07. The lowest BCUT2D eigenvalue weighted by Gasteiger charge is -2.25. The molecule has 0 unspecified atom stereocenters. The zero-order chi connectivity index (χ0) is 10.6. The predicted octanol–water partition coefficient (Wildman–Crippen LogP) is 2.60. The van der Waals surface area contributed by atoms with Crippen molar-refractivity contribution in [3.05, 3.63) is 12.3 Å². The van der Waals surface area contributed by atoms with E-state index in [4.69, 9.17) is 0 Å². The Morgan fingerprint density at radius 1 is 1.14 bits per heavy atom. The average Bonchev–Trinajstić information content (AvgIpc) is 2.14. The zero-order valence-corrected chi connectivity index (χ0v) is 9.55. The molecule has 0 spiro atoms. The second-order valence-electron chi connectivity index (χ2n) is 5.03. The molecule has 1 heterocycles. The van der Waals surface area contributed by atoms with Crippen molar-refractivity contribution in [3.8, 4) is 0 Å². The molecule has 0 aromatic rings. The van der Waals surface area contributed by atoms with Crippen molar-refractivity contribution < 1.29 is 4.79 Å². The van der Waals surface area contributed by atoms with Crippen LogP contribution in [0.5, 0.6) is 0 Å². The Labute approximate surface area is 87.0 Å². The van der Waals surface area contributed by atoms with Crippen molar-refractivity contribution in [2.45, 2.75) is 40.0 Å². The third kappa shape index (κ3) is 3.52. The SMILES string of the molecule is CC(C)(C)C(=O)/C=C/N1CCCCC1. The van der Waals surface area contributed by atoms with Crippen LogP contribution in [0.1, 0.15) is 40.0 Å². The number of hydrogen-bond acceptors (Lipinski definition) is 2. The van der Waals surface area contributed by atoms with Crippen molar-refractivity contribution in [3.63, 3.8) is 0 Å². The molecule has 2 heteroatoms. The quantitative estimate of drug-likeness (QED) is 0.631. The lowest BCUT2D eigenvalue weighted by molar-refractivity contribution is -0.121. The summed E-state index contributed by atoms with van der Waals surface area (Å²) in [4.78, 5) is 13.8. The molecule has 1 saturated heterocycles. The van der Waals surface area contributed by atoms with Gasteiger partial charge in [0.2, 0.25) is 0 Å². The van der Waals surface area contributed by atoms with E-state index in [1.54, 1.807) is 6.08 Å². The van der Waals surface area contributed by atoms with Gasteiger partial charge in [-0.05, 0) is 25.3 Å². The van der Waals surface area contributed by atoms with E-state index in [2.05, 4.69) is 4.90 Å². The molecule has 0 aromatic heterocycles. The topological polar surface area (TPSA) is 20.3 Å². The maximum Gasteiger partial charge on any atom is 0.162 e. The molecule has 1 rings (SSSR count). The van der Waals surface area contributed by atoms with Crippen LogP contribution in [0.15, 0.2) is 12.3 Å². The van der Waals surface area contributed by atoms with Gasteiger partial charge in [0, 0.05) is 24.7 Å². The third-order valence-electron chi connectivity index (χ3n) is 2.57. The van der Waals surface area contributed by atoms with E-state index in [0.29, 0.717) is 0 Å². The van der Waals surface area contributed by atoms with E-state index in [1.165, 1.54) is 19.3 Å². The summed E-state index contributed by atoms with van der Waals surface area (Å²) >= 11 is 0. The molecule has 1 fully saturated rings. The zero-order valence-electron chi connectivity index (χ0n) is 9.55. The van der Waals surface area contributed by atoms with Gasteiger partial charge in [0.1, 0.15) is 0 Å². The molecule has 0 bridgehead atoms. The summed E-state index contributed by atoms with van der Waals surface area (Å²) in [5, 5.41) is 0. The molecule has 0 radical (unpaired) electrons. The Balaban J connectivity index is 2.42. The second-order valence-corrected chi connectivity index (χ2v) is 5.03. The fourth-order valence-corrected chi connectivity index (χ4v) is 1.49. The highest BCUT2D eigenvalue weighted by molar-refractivity contribution is 5.93. The molecule has 0 amide bonds. The first-order valence-corrected chi connectivity index (χ1v) is 5.47. The summed E-state index contributed by atoms with van der Waals surface area (Å²) in [5.41, 5.74) is -0.244. The van der Waals surface area contributed by atoms with Gasteiger partial charge in [-0.1, -0.05) is 20.8 Å². The van der Waals surface area contributed by atoms with Crippen molar-refractivity contribution in [1.29, 1.82) is 0 Å². The van der Waals surface area contributed by atoms with Crippen LogP contribution >= 0.6 is 0 Å². The van der Waals surface area contributed by atoms with Crippen LogP contribution in [-0.4, -0.2) is 23.8 Å². The molecular formula is C12H21NO. The number of hydrogen-bond donors (Lipinski definition) is 0. The first-order chi connectivity index (χ1) is 6.50. The molecule has 0 aliphatic carbocycles. The molecule has 2 nitrogen and oxygen atoms in total. The highest BCUT2D eigenvalue weighted by Gasteiger charge is 2.18. The van der Waals surface area contributed by atoms with E-state index in [0.717, 1.165) is 13.1 Å². The molecule has 80 valence electrons. The smallest absolute Gasteiger partial charge is 0.162 e. The van der Waals surface area contributed by atoms with Gasteiger partial charge in [0.25, 0.3) is 0 Å². The van der Waals surface area contributed by atoms with Gasteiger partial charge in [-0.2, -0.15) is 0 Å². The lowest BCUT2D eigenvalue weighted by atomic mass is 9.91. The van der Waals surface area contributed by atoms with E-state index in [1.807, 2.05) is 27.0 Å². The molecule has 14 heavy (non-hydrogen) atoms. The number of ketones is 1. The van der Waals surface area contributed by atoms with Crippen LogP contribution in [0.2, 0.25) is 0 Å². The molecular weight excluding hydrogens is 174 g/mol. The minimum Gasteiger partial charge on any atom is -0.377 e. The average molecular weight is 195 g/mol. The monoisotopic (exact) mass is 195 g/mol. The fraction of sp³-hybridized carbons (Fsp3) is 0.750. The van der Waals surface area contributed by atoms with Gasteiger partial charge >= 0.3 is 0 Å². The summed E-state index contributed by atoms with van der Waals surface area (Å²) < 4.78 is 0. The number of piperidine rings is 1. The predicted molar refractivity (Wildman–Crippen MR) is 59.0 cm³/mol. The number of carbonyl (C=O) groups excluding carboxylic acids is 1. The van der Waals surface area contributed by atoms with Crippen LogP contribution < -0.4 is 0 Å². The Bertz CT molecular complexity index is 219. The van der Waals surface area contributed by atoms with Crippen molar-refractivity contribution in [1.82, 2.24) is 4.90 Å². The van der Waals surface area contributed by atoms with E-state index >= 15 is 0 Å². The van der Waals surface area contributed by atoms with Crippen molar-refractivity contribution in [2.75, 3.05) is 13.1 Å².